The Labute approximate surface area is 128 Å². The third kappa shape index (κ3) is 4.43. The minimum absolute atomic E-state index is 0.205. The Morgan fingerprint density at radius 2 is 1.76 bits per heavy atom. The molecule has 114 valence electrons. The molecule has 1 heterocycles. The van der Waals surface area contributed by atoms with Gasteiger partial charge in [0.05, 0.1) is 12.2 Å². The van der Waals surface area contributed by atoms with Gasteiger partial charge in [0.25, 0.3) is 0 Å². The number of nitrogens with one attached hydrogen (secondary N) is 1. The number of aromatic nitrogens is 2. The molecule has 0 atom stereocenters. The SMILES string of the molecule is CC(C)NCc1ccnn1Cc1ccc(C(C)(C)C)cc1. The summed E-state index contributed by atoms with van der Waals surface area (Å²) in [5.74, 6) is 0. The van der Waals surface area contributed by atoms with E-state index in [1.807, 2.05) is 6.20 Å². The van der Waals surface area contributed by atoms with Gasteiger partial charge >= 0.3 is 0 Å². The van der Waals surface area contributed by atoms with E-state index in [1.54, 1.807) is 0 Å². The Hall–Kier alpha value is -1.61. The van der Waals surface area contributed by atoms with Gasteiger partial charge in [0.2, 0.25) is 0 Å². The smallest absolute Gasteiger partial charge is 0.0663 e. The summed E-state index contributed by atoms with van der Waals surface area (Å²) in [6.45, 7) is 12.7. The number of benzene rings is 1. The molecule has 3 nitrogen and oxygen atoms in total. The molecule has 1 aromatic heterocycles. The molecule has 1 aromatic carbocycles. The second kappa shape index (κ2) is 6.44. The molecule has 0 amide bonds. The van der Waals surface area contributed by atoms with Crippen molar-refractivity contribution in [1.29, 1.82) is 0 Å². The van der Waals surface area contributed by atoms with Crippen LogP contribution in [-0.2, 0) is 18.5 Å². The summed E-state index contributed by atoms with van der Waals surface area (Å²) >= 11 is 0. The summed E-state index contributed by atoms with van der Waals surface area (Å²) in [5.41, 5.74) is 4.09. The first-order valence-corrected chi connectivity index (χ1v) is 7.70. The molecular weight excluding hydrogens is 258 g/mol. The highest BCUT2D eigenvalue weighted by molar-refractivity contribution is 5.27. The van der Waals surface area contributed by atoms with Crippen LogP contribution in [-0.4, -0.2) is 15.8 Å². The van der Waals surface area contributed by atoms with Crippen LogP contribution in [0.2, 0.25) is 0 Å². The zero-order valence-electron chi connectivity index (χ0n) is 13.9. The van der Waals surface area contributed by atoms with E-state index in [1.165, 1.54) is 16.8 Å². The summed E-state index contributed by atoms with van der Waals surface area (Å²) < 4.78 is 2.07. The zero-order chi connectivity index (χ0) is 15.5. The van der Waals surface area contributed by atoms with Gasteiger partial charge in [-0.05, 0) is 22.6 Å². The molecule has 1 N–H and O–H groups in total. The predicted octanol–water partition coefficient (Wildman–Crippen LogP) is 3.73. The van der Waals surface area contributed by atoms with Gasteiger partial charge in [-0.1, -0.05) is 58.9 Å². The van der Waals surface area contributed by atoms with Gasteiger partial charge in [0, 0.05) is 18.8 Å². The Morgan fingerprint density at radius 1 is 1.10 bits per heavy atom. The van der Waals surface area contributed by atoms with Gasteiger partial charge in [-0.2, -0.15) is 5.10 Å². The molecule has 2 rings (SSSR count). The molecule has 0 unspecified atom stereocenters. The topological polar surface area (TPSA) is 29.9 Å². The lowest BCUT2D eigenvalue weighted by Gasteiger charge is -2.19. The lowest BCUT2D eigenvalue weighted by molar-refractivity contribution is 0.547. The molecule has 3 heteroatoms. The third-order valence-corrected chi connectivity index (χ3v) is 3.65. The predicted molar refractivity (Wildman–Crippen MR) is 88.4 cm³/mol. The molecule has 0 saturated carbocycles. The maximum Gasteiger partial charge on any atom is 0.0663 e. The van der Waals surface area contributed by atoms with E-state index in [9.17, 15) is 0 Å². The van der Waals surface area contributed by atoms with Crippen LogP contribution in [0, 0.1) is 0 Å². The van der Waals surface area contributed by atoms with E-state index < -0.39 is 0 Å². The van der Waals surface area contributed by atoms with Crippen molar-refractivity contribution in [1.82, 2.24) is 15.1 Å². The number of hydrogen-bond acceptors (Lipinski definition) is 2. The van der Waals surface area contributed by atoms with Crippen molar-refractivity contribution < 1.29 is 0 Å². The fourth-order valence-electron chi connectivity index (χ4n) is 2.24. The summed E-state index contributed by atoms with van der Waals surface area (Å²) in [5, 5.41) is 7.88. The Balaban J connectivity index is 2.07. The highest BCUT2D eigenvalue weighted by Gasteiger charge is 2.13. The van der Waals surface area contributed by atoms with Crippen molar-refractivity contribution in [2.24, 2.45) is 0 Å². The first-order valence-electron chi connectivity index (χ1n) is 7.70. The molecule has 0 aliphatic carbocycles. The van der Waals surface area contributed by atoms with Crippen molar-refractivity contribution >= 4 is 0 Å². The van der Waals surface area contributed by atoms with Crippen molar-refractivity contribution in [2.75, 3.05) is 0 Å². The van der Waals surface area contributed by atoms with E-state index in [0.29, 0.717) is 6.04 Å². The minimum atomic E-state index is 0.205. The average molecular weight is 285 g/mol. The molecule has 0 bridgehead atoms. The molecule has 0 fully saturated rings. The van der Waals surface area contributed by atoms with Crippen LogP contribution >= 0.6 is 0 Å². The second-order valence-electron chi connectivity index (χ2n) is 6.96. The Bertz CT molecular complexity index is 559. The molecule has 21 heavy (non-hydrogen) atoms. The summed E-state index contributed by atoms with van der Waals surface area (Å²) in [6.07, 6.45) is 1.88. The quantitative estimate of drug-likeness (QED) is 0.907. The molecule has 0 saturated heterocycles. The van der Waals surface area contributed by atoms with Gasteiger partial charge in [0.1, 0.15) is 0 Å². The number of rotatable bonds is 5. The van der Waals surface area contributed by atoms with Crippen LogP contribution < -0.4 is 5.32 Å². The van der Waals surface area contributed by atoms with Gasteiger partial charge < -0.3 is 5.32 Å². The average Bonchev–Trinajstić information content (AvgIpc) is 2.83. The highest BCUT2D eigenvalue weighted by atomic mass is 15.3. The number of nitrogens with zero attached hydrogens (tertiary/aromatic N) is 2. The fourth-order valence-corrected chi connectivity index (χ4v) is 2.24. The lowest BCUT2D eigenvalue weighted by Crippen LogP contribution is -2.23. The summed E-state index contributed by atoms with van der Waals surface area (Å²) in [4.78, 5) is 0. The van der Waals surface area contributed by atoms with Crippen LogP contribution in [0.4, 0.5) is 0 Å². The normalized spacial score (nSPS) is 12.1. The van der Waals surface area contributed by atoms with E-state index in [-0.39, 0.29) is 5.41 Å². The van der Waals surface area contributed by atoms with Gasteiger partial charge in [0.15, 0.2) is 0 Å². The zero-order valence-corrected chi connectivity index (χ0v) is 13.9. The monoisotopic (exact) mass is 285 g/mol. The highest BCUT2D eigenvalue weighted by Crippen LogP contribution is 2.22. The van der Waals surface area contributed by atoms with Crippen LogP contribution in [0.25, 0.3) is 0 Å². The van der Waals surface area contributed by atoms with E-state index >= 15 is 0 Å². The van der Waals surface area contributed by atoms with Gasteiger partial charge in [-0.15, -0.1) is 0 Å². The van der Waals surface area contributed by atoms with Crippen LogP contribution in [0.5, 0.6) is 0 Å². The van der Waals surface area contributed by atoms with Gasteiger partial charge in [-0.25, -0.2) is 0 Å². The molecule has 2 aromatic rings. The largest absolute Gasteiger partial charge is 0.309 e. The van der Waals surface area contributed by atoms with Gasteiger partial charge in [-0.3, -0.25) is 4.68 Å². The maximum atomic E-state index is 4.44. The summed E-state index contributed by atoms with van der Waals surface area (Å²) in [6, 6.07) is 11.4. The molecule has 0 spiro atoms. The molecular formula is C18H27N3. The van der Waals surface area contributed by atoms with E-state index in [4.69, 9.17) is 0 Å². The van der Waals surface area contributed by atoms with Crippen molar-refractivity contribution in [3.05, 3.63) is 53.3 Å². The third-order valence-electron chi connectivity index (χ3n) is 3.65. The van der Waals surface area contributed by atoms with E-state index in [2.05, 4.69) is 80.0 Å². The molecule has 0 aliphatic heterocycles. The second-order valence-corrected chi connectivity index (χ2v) is 6.96. The minimum Gasteiger partial charge on any atom is -0.309 e. The number of hydrogen-bond donors (Lipinski definition) is 1. The summed E-state index contributed by atoms with van der Waals surface area (Å²) in [7, 11) is 0. The lowest BCUT2D eigenvalue weighted by atomic mass is 9.87. The Kier molecular flexibility index (Phi) is 4.84. The molecule has 0 radical (unpaired) electrons. The van der Waals surface area contributed by atoms with Crippen LogP contribution in [0.3, 0.4) is 0 Å². The fraction of sp³-hybridized carbons (Fsp3) is 0.500. The van der Waals surface area contributed by atoms with Crippen molar-refractivity contribution in [3.8, 4) is 0 Å². The standard InChI is InChI=1S/C18H27N3/c1-14(2)19-12-17-10-11-20-21(17)13-15-6-8-16(9-7-15)18(3,4)5/h6-11,14,19H,12-13H2,1-5H3. The Morgan fingerprint density at radius 3 is 2.33 bits per heavy atom. The van der Waals surface area contributed by atoms with Crippen molar-refractivity contribution in [2.45, 2.75) is 59.2 Å². The van der Waals surface area contributed by atoms with E-state index in [0.717, 1.165) is 13.1 Å². The first-order chi connectivity index (χ1) is 9.86. The first kappa shape index (κ1) is 15.8. The van der Waals surface area contributed by atoms with Crippen molar-refractivity contribution in [3.63, 3.8) is 0 Å². The van der Waals surface area contributed by atoms with Crippen LogP contribution in [0.1, 0.15) is 51.4 Å². The maximum absolute atomic E-state index is 4.44. The molecule has 0 aliphatic rings. The van der Waals surface area contributed by atoms with Crippen LogP contribution in [0.15, 0.2) is 36.5 Å².